The molecule has 88 valence electrons. The van der Waals surface area contributed by atoms with E-state index in [2.05, 4.69) is 10.4 Å². The van der Waals surface area contributed by atoms with E-state index in [-0.39, 0.29) is 16.7 Å². The first-order valence-electron chi connectivity index (χ1n) is 4.85. The maximum Gasteiger partial charge on any atom is 0.258 e. The van der Waals surface area contributed by atoms with Gasteiger partial charge in [-0.2, -0.15) is 5.10 Å². The smallest absolute Gasteiger partial charge is 0.258 e. The zero-order valence-electron chi connectivity index (χ0n) is 9.01. The summed E-state index contributed by atoms with van der Waals surface area (Å²) in [5.74, 6) is -0.250. The van der Waals surface area contributed by atoms with Crippen LogP contribution in [0.2, 0.25) is 5.02 Å². The Morgan fingerprint density at radius 3 is 2.88 bits per heavy atom. The second kappa shape index (κ2) is 4.47. The number of nitrogens with one attached hydrogen (secondary N) is 1. The van der Waals surface area contributed by atoms with Gasteiger partial charge in [-0.3, -0.25) is 9.48 Å². The van der Waals surface area contributed by atoms with Crippen LogP contribution < -0.4 is 5.32 Å². The molecule has 0 atom stereocenters. The van der Waals surface area contributed by atoms with Gasteiger partial charge in [0.15, 0.2) is 0 Å². The largest absolute Gasteiger partial charge is 0.508 e. The molecule has 0 spiro atoms. The average molecular weight is 252 g/mol. The molecule has 0 fully saturated rings. The third-order valence-corrected chi connectivity index (χ3v) is 2.48. The lowest BCUT2D eigenvalue weighted by atomic mass is 10.2. The van der Waals surface area contributed by atoms with E-state index < -0.39 is 0 Å². The number of aryl methyl sites for hydroxylation is 1. The summed E-state index contributed by atoms with van der Waals surface area (Å²) >= 11 is 5.87. The molecule has 0 saturated heterocycles. The number of halogens is 1. The number of hydrogen-bond donors (Lipinski definition) is 2. The molecule has 2 aromatic rings. The molecule has 1 heterocycles. The van der Waals surface area contributed by atoms with E-state index in [1.165, 1.54) is 29.1 Å². The number of benzene rings is 1. The Hall–Kier alpha value is -2.01. The summed E-state index contributed by atoms with van der Waals surface area (Å²) < 4.78 is 1.54. The Balaban J connectivity index is 2.18. The number of phenols is 1. The number of anilines is 1. The molecular formula is C11H10ClN3O2. The van der Waals surface area contributed by atoms with Crippen molar-refractivity contribution in [1.82, 2.24) is 9.78 Å². The van der Waals surface area contributed by atoms with Crippen molar-refractivity contribution in [2.24, 2.45) is 7.05 Å². The van der Waals surface area contributed by atoms with Gasteiger partial charge in [-0.05, 0) is 12.1 Å². The fourth-order valence-corrected chi connectivity index (χ4v) is 1.56. The van der Waals surface area contributed by atoms with Crippen LogP contribution in [0.4, 0.5) is 5.69 Å². The predicted molar refractivity (Wildman–Crippen MR) is 64.3 cm³/mol. The van der Waals surface area contributed by atoms with E-state index in [4.69, 9.17) is 11.6 Å². The lowest BCUT2D eigenvalue weighted by molar-refractivity contribution is 0.102. The number of hydrogen-bond acceptors (Lipinski definition) is 3. The van der Waals surface area contributed by atoms with Gasteiger partial charge in [-0.1, -0.05) is 11.6 Å². The summed E-state index contributed by atoms with van der Waals surface area (Å²) in [5, 5.41) is 16.0. The lowest BCUT2D eigenvalue weighted by Crippen LogP contribution is -2.11. The summed E-state index contributed by atoms with van der Waals surface area (Å²) in [6, 6.07) is 4.34. The number of amides is 1. The Morgan fingerprint density at radius 2 is 2.29 bits per heavy atom. The van der Waals surface area contributed by atoms with Crippen molar-refractivity contribution in [2.75, 3.05) is 5.32 Å². The van der Waals surface area contributed by atoms with Crippen LogP contribution in [0.3, 0.4) is 0 Å². The minimum atomic E-state index is -0.300. The van der Waals surface area contributed by atoms with Gasteiger partial charge in [0.2, 0.25) is 0 Å². The molecular weight excluding hydrogens is 242 g/mol. The highest BCUT2D eigenvalue weighted by atomic mass is 35.5. The molecule has 2 N–H and O–H groups in total. The number of nitrogens with zero attached hydrogens (tertiary/aromatic N) is 2. The second-order valence-electron chi connectivity index (χ2n) is 3.52. The highest BCUT2D eigenvalue weighted by Crippen LogP contribution is 2.26. The van der Waals surface area contributed by atoms with Gasteiger partial charge in [0.25, 0.3) is 5.91 Å². The predicted octanol–water partition coefficient (Wildman–Crippen LogP) is 2.03. The van der Waals surface area contributed by atoms with Gasteiger partial charge >= 0.3 is 0 Å². The molecule has 17 heavy (non-hydrogen) atoms. The van der Waals surface area contributed by atoms with Crippen LogP contribution in [0.15, 0.2) is 30.6 Å². The molecule has 0 aliphatic heterocycles. The molecule has 6 heteroatoms. The van der Waals surface area contributed by atoms with Gasteiger partial charge in [0, 0.05) is 19.3 Å². The maximum absolute atomic E-state index is 11.8. The summed E-state index contributed by atoms with van der Waals surface area (Å²) in [6.07, 6.45) is 3.06. The zero-order chi connectivity index (χ0) is 12.4. The first-order valence-corrected chi connectivity index (χ1v) is 5.22. The first-order chi connectivity index (χ1) is 8.06. The average Bonchev–Trinajstić information content (AvgIpc) is 2.69. The van der Waals surface area contributed by atoms with E-state index in [0.29, 0.717) is 11.3 Å². The Bertz CT molecular complexity index is 566. The Labute approximate surface area is 103 Å². The van der Waals surface area contributed by atoms with Crippen molar-refractivity contribution in [2.45, 2.75) is 0 Å². The minimum absolute atomic E-state index is 0.0503. The number of carbonyl (C=O) groups excluding carboxylic acids is 1. The van der Waals surface area contributed by atoms with Crippen LogP contribution in [0, 0.1) is 0 Å². The van der Waals surface area contributed by atoms with E-state index in [1.54, 1.807) is 13.2 Å². The van der Waals surface area contributed by atoms with Gasteiger partial charge < -0.3 is 10.4 Å². The van der Waals surface area contributed by atoms with Crippen molar-refractivity contribution in [3.05, 3.63) is 41.2 Å². The first kappa shape index (κ1) is 11.5. The maximum atomic E-state index is 11.8. The van der Waals surface area contributed by atoms with Gasteiger partial charge in [-0.15, -0.1) is 0 Å². The third-order valence-electron chi connectivity index (χ3n) is 2.17. The molecule has 0 bridgehead atoms. The van der Waals surface area contributed by atoms with Crippen molar-refractivity contribution < 1.29 is 9.90 Å². The van der Waals surface area contributed by atoms with Crippen LogP contribution in [-0.4, -0.2) is 20.8 Å². The van der Waals surface area contributed by atoms with E-state index >= 15 is 0 Å². The normalized spacial score (nSPS) is 10.2. The summed E-state index contributed by atoms with van der Waals surface area (Å²) in [7, 11) is 1.73. The summed E-state index contributed by atoms with van der Waals surface area (Å²) in [4.78, 5) is 11.8. The van der Waals surface area contributed by atoms with E-state index in [0.717, 1.165) is 0 Å². The van der Waals surface area contributed by atoms with Crippen molar-refractivity contribution >= 4 is 23.2 Å². The van der Waals surface area contributed by atoms with Crippen molar-refractivity contribution in [1.29, 1.82) is 0 Å². The molecule has 2 rings (SSSR count). The van der Waals surface area contributed by atoms with Crippen LogP contribution >= 0.6 is 11.6 Å². The van der Waals surface area contributed by atoms with Crippen LogP contribution in [0.25, 0.3) is 0 Å². The van der Waals surface area contributed by atoms with Gasteiger partial charge in [-0.25, -0.2) is 0 Å². The highest BCUT2D eigenvalue weighted by Gasteiger charge is 2.10. The van der Waals surface area contributed by atoms with E-state index in [1.807, 2.05) is 0 Å². The second-order valence-corrected chi connectivity index (χ2v) is 3.93. The van der Waals surface area contributed by atoms with Crippen LogP contribution in [0.5, 0.6) is 5.75 Å². The summed E-state index contributed by atoms with van der Waals surface area (Å²) in [6.45, 7) is 0. The molecule has 0 aliphatic carbocycles. The fraction of sp³-hybridized carbons (Fsp3) is 0.0909. The van der Waals surface area contributed by atoms with Gasteiger partial charge in [0.1, 0.15) is 5.75 Å². The topological polar surface area (TPSA) is 67.2 Å². The minimum Gasteiger partial charge on any atom is -0.508 e. The quantitative estimate of drug-likeness (QED) is 0.803. The van der Waals surface area contributed by atoms with Crippen molar-refractivity contribution in [3.63, 3.8) is 0 Å². The van der Waals surface area contributed by atoms with Crippen molar-refractivity contribution in [3.8, 4) is 5.75 Å². The fourth-order valence-electron chi connectivity index (χ4n) is 1.34. The SMILES string of the molecule is Cn1cc(C(=O)Nc2ccc(O)cc2Cl)cn1. The van der Waals surface area contributed by atoms with E-state index in [9.17, 15) is 9.90 Å². The van der Waals surface area contributed by atoms with Crippen LogP contribution in [-0.2, 0) is 7.05 Å². The molecule has 0 unspecified atom stereocenters. The lowest BCUT2D eigenvalue weighted by Gasteiger charge is -2.05. The van der Waals surface area contributed by atoms with Crippen LogP contribution in [0.1, 0.15) is 10.4 Å². The third kappa shape index (κ3) is 2.57. The molecule has 1 amide bonds. The molecule has 0 saturated carbocycles. The number of phenolic OH excluding ortho intramolecular Hbond substituents is 1. The standard InChI is InChI=1S/C11H10ClN3O2/c1-15-6-7(5-13-15)11(17)14-10-3-2-8(16)4-9(10)12/h2-6,16H,1H3,(H,14,17). The van der Waals surface area contributed by atoms with Gasteiger partial charge in [0.05, 0.1) is 22.5 Å². The molecule has 5 nitrogen and oxygen atoms in total. The molecule has 1 aromatic carbocycles. The monoisotopic (exact) mass is 251 g/mol. The number of aromatic nitrogens is 2. The number of carbonyl (C=O) groups is 1. The highest BCUT2D eigenvalue weighted by molar-refractivity contribution is 6.34. The summed E-state index contributed by atoms with van der Waals surface area (Å²) in [5.41, 5.74) is 0.884. The number of rotatable bonds is 2. The zero-order valence-corrected chi connectivity index (χ0v) is 9.77. The number of aromatic hydroxyl groups is 1. The molecule has 0 radical (unpaired) electrons. The molecule has 1 aromatic heterocycles. The Morgan fingerprint density at radius 1 is 1.53 bits per heavy atom. The molecule has 0 aliphatic rings. The Kier molecular flexibility index (Phi) is 3.01.